The third-order valence-electron chi connectivity index (χ3n) is 4.38. The zero-order chi connectivity index (χ0) is 13.8. The molecule has 0 radical (unpaired) electrons. The monoisotopic (exact) mass is 308 g/mol. The van der Waals surface area contributed by atoms with Crippen molar-refractivity contribution in [2.24, 2.45) is 10.4 Å². The van der Waals surface area contributed by atoms with Gasteiger partial charge >= 0.3 is 0 Å². The Morgan fingerprint density at radius 2 is 2.00 bits per heavy atom. The summed E-state index contributed by atoms with van der Waals surface area (Å²) in [5.41, 5.74) is 1.63. The molecule has 1 saturated carbocycles. The van der Waals surface area contributed by atoms with E-state index in [-0.39, 0.29) is 0 Å². The van der Waals surface area contributed by atoms with Gasteiger partial charge in [0.2, 0.25) is 0 Å². The molecule has 108 valence electrons. The zero-order valence-electron chi connectivity index (χ0n) is 11.7. The van der Waals surface area contributed by atoms with Crippen molar-refractivity contribution < 1.29 is 0 Å². The molecule has 20 heavy (non-hydrogen) atoms. The van der Waals surface area contributed by atoms with E-state index in [2.05, 4.69) is 11.4 Å². The molecule has 2 aliphatic rings. The van der Waals surface area contributed by atoms with Crippen molar-refractivity contribution >= 4 is 28.5 Å². The number of amidine groups is 1. The van der Waals surface area contributed by atoms with E-state index in [0.717, 1.165) is 28.8 Å². The molecule has 1 aliphatic carbocycles. The number of nitrogens with zero attached hydrogens (tertiary/aromatic N) is 1. The van der Waals surface area contributed by atoms with Crippen LogP contribution in [-0.2, 0) is 6.54 Å². The first kappa shape index (κ1) is 14.3. The van der Waals surface area contributed by atoms with Crippen molar-refractivity contribution in [1.29, 1.82) is 0 Å². The Morgan fingerprint density at radius 3 is 2.70 bits per heavy atom. The van der Waals surface area contributed by atoms with Crippen molar-refractivity contribution in [3.63, 3.8) is 0 Å². The number of thioether (sulfide) groups is 1. The van der Waals surface area contributed by atoms with Crippen LogP contribution in [0.2, 0.25) is 5.02 Å². The summed E-state index contributed by atoms with van der Waals surface area (Å²) in [6, 6.07) is 7.98. The van der Waals surface area contributed by atoms with Crippen LogP contribution in [0.4, 0.5) is 0 Å². The predicted molar refractivity (Wildman–Crippen MR) is 88.6 cm³/mol. The van der Waals surface area contributed by atoms with Gasteiger partial charge in [-0.2, -0.15) is 0 Å². The van der Waals surface area contributed by atoms with Gasteiger partial charge in [-0.05, 0) is 29.9 Å². The topological polar surface area (TPSA) is 24.4 Å². The maximum absolute atomic E-state index is 6.17. The van der Waals surface area contributed by atoms with Crippen LogP contribution < -0.4 is 5.32 Å². The molecule has 1 fully saturated rings. The Balaban J connectivity index is 1.56. The number of hydrogen-bond donors (Lipinski definition) is 1. The highest BCUT2D eigenvalue weighted by atomic mass is 35.5. The maximum Gasteiger partial charge on any atom is 0.156 e. The molecule has 1 N–H and O–H groups in total. The highest BCUT2D eigenvalue weighted by Crippen LogP contribution is 2.41. The second-order valence-electron chi connectivity index (χ2n) is 5.92. The number of halogens is 1. The number of hydrogen-bond acceptors (Lipinski definition) is 3. The molecular formula is C16H21ClN2S. The molecule has 0 bridgehead atoms. The second kappa shape index (κ2) is 6.40. The van der Waals surface area contributed by atoms with Crippen LogP contribution in [0.5, 0.6) is 0 Å². The molecule has 0 atom stereocenters. The number of aliphatic imine (C=N–C) groups is 1. The smallest absolute Gasteiger partial charge is 0.156 e. The molecule has 2 nitrogen and oxygen atoms in total. The highest BCUT2D eigenvalue weighted by Gasteiger charge is 2.34. The highest BCUT2D eigenvalue weighted by molar-refractivity contribution is 8.13. The summed E-state index contributed by atoms with van der Waals surface area (Å²) in [7, 11) is 0. The summed E-state index contributed by atoms with van der Waals surface area (Å²) in [6.07, 6.45) is 6.91. The molecule has 0 amide bonds. The average molecular weight is 309 g/mol. The van der Waals surface area contributed by atoms with Crippen LogP contribution in [0.15, 0.2) is 29.3 Å². The molecule has 0 aromatic heterocycles. The van der Waals surface area contributed by atoms with Crippen LogP contribution in [0, 0.1) is 5.41 Å². The third-order valence-corrected chi connectivity index (χ3v) is 6.05. The van der Waals surface area contributed by atoms with Gasteiger partial charge < -0.3 is 5.32 Å². The molecule has 3 rings (SSSR count). The number of rotatable bonds is 2. The average Bonchev–Trinajstić information content (AvgIpc) is 2.49. The number of benzene rings is 1. The fourth-order valence-corrected chi connectivity index (χ4v) is 4.43. The Kier molecular flexibility index (Phi) is 4.57. The summed E-state index contributed by atoms with van der Waals surface area (Å²) in [5.74, 6) is 1.22. The molecule has 1 aromatic carbocycles. The maximum atomic E-state index is 6.17. The third kappa shape index (κ3) is 3.32. The Hall–Kier alpha value is -0.670. The molecule has 0 unspecified atom stereocenters. The van der Waals surface area contributed by atoms with E-state index >= 15 is 0 Å². The lowest BCUT2D eigenvalue weighted by atomic mass is 9.75. The van der Waals surface area contributed by atoms with Crippen molar-refractivity contribution in [3.8, 4) is 0 Å². The van der Waals surface area contributed by atoms with Crippen molar-refractivity contribution in [1.82, 2.24) is 5.32 Å². The molecule has 4 heteroatoms. The fraction of sp³-hybridized carbons (Fsp3) is 0.562. The van der Waals surface area contributed by atoms with E-state index in [1.807, 2.05) is 30.0 Å². The molecule has 1 heterocycles. The van der Waals surface area contributed by atoms with Gasteiger partial charge in [0.25, 0.3) is 0 Å². The summed E-state index contributed by atoms with van der Waals surface area (Å²) < 4.78 is 0. The lowest BCUT2D eigenvalue weighted by Crippen LogP contribution is -2.36. The first-order valence-electron chi connectivity index (χ1n) is 7.42. The van der Waals surface area contributed by atoms with Crippen LogP contribution >= 0.6 is 23.4 Å². The molecular weight excluding hydrogens is 288 g/mol. The van der Waals surface area contributed by atoms with E-state index in [9.17, 15) is 0 Å². The minimum Gasteiger partial charge on any atom is -0.361 e. The minimum absolute atomic E-state index is 0.499. The van der Waals surface area contributed by atoms with E-state index in [0.29, 0.717) is 5.41 Å². The lowest BCUT2D eigenvalue weighted by molar-refractivity contribution is 0.232. The van der Waals surface area contributed by atoms with Gasteiger partial charge in [-0.1, -0.05) is 60.8 Å². The number of nitrogens with one attached hydrogen (secondary N) is 1. The summed E-state index contributed by atoms with van der Waals surface area (Å²) in [4.78, 5) is 4.78. The van der Waals surface area contributed by atoms with Gasteiger partial charge in [-0.3, -0.25) is 4.99 Å². The normalized spacial score (nSPS) is 21.6. The SMILES string of the molecule is Clc1ccccc1CNC1=NCC2(CCCCC2)CS1. The van der Waals surface area contributed by atoms with Crippen molar-refractivity contribution in [2.45, 2.75) is 38.6 Å². The van der Waals surface area contributed by atoms with Gasteiger partial charge in [0.1, 0.15) is 0 Å². The molecule has 1 spiro atoms. The van der Waals surface area contributed by atoms with Crippen molar-refractivity contribution in [3.05, 3.63) is 34.9 Å². The molecule has 1 aliphatic heterocycles. The summed E-state index contributed by atoms with van der Waals surface area (Å²) >= 11 is 8.06. The summed E-state index contributed by atoms with van der Waals surface area (Å²) in [5, 5.41) is 5.34. The largest absolute Gasteiger partial charge is 0.361 e. The van der Waals surface area contributed by atoms with E-state index in [4.69, 9.17) is 16.6 Å². The van der Waals surface area contributed by atoms with Gasteiger partial charge in [-0.25, -0.2) is 0 Å². The van der Waals surface area contributed by atoms with Crippen LogP contribution in [0.25, 0.3) is 0 Å². The lowest BCUT2D eigenvalue weighted by Gasteiger charge is -2.38. The van der Waals surface area contributed by atoms with Gasteiger partial charge in [0.05, 0.1) is 0 Å². The predicted octanol–water partition coefficient (Wildman–Crippen LogP) is 4.48. The second-order valence-corrected chi connectivity index (χ2v) is 7.29. The van der Waals surface area contributed by atoms with Gasteiger partial charge in [0, 0.05) is 23.9 Å². The van der Waals surface area contributed by atoms with Gasteiger partial charge in [-0.15, -0.1) is 0 Å². The minimum atomic E-state index is 0.499. The van der Waals surface area contributed by atoms with E-state index in [1.54, 1.807) is 0 Å². The Labute approximate surface area is 130 Å². The first-order chi connectivity index (χ1) is 9.77. The Morgan fingerprint density at radius 1 is 1.20 bits per heavy atom. The fourth-order valence-electron chi connectivity index (χ4n) is 3.08. The van der Waals surface area contributed by atoms with Crippen molar-refractivity contribution in [2.75, 3.05) is 12.3 Å². The molecule has 1 aromatic rings. The molecule has 0 saturated heterocycles. The first-order valence-corrected chi connectivity index (χ1v) is 8.78. The van der Waals surface area contributed by atoms with Gasteiger partial charge in [0.15, 0.2) is 5.17 Å². The van der Waals surface area contributed by atoms with Crippen LogP contribution in [-0.4, -0.2) is 17.5 Å². The zero-order valence-corrected chi connectivity index (χ0v) is 13.3. The summed E-state index contributed by atoms with van der Waals surface area (Å²) in [6.45, 7) is 1.77. The van der Waals surface area contributed by atoms with E-state index in [1.165, 1.54) is 37.9 Å². The quantitative estimate of drug-likeness (QED) is 0.871. The Bertz CT molecular complexity index is 495. The van der Waals surface area contributed by atoms with Crippen LogP contribution in [0.1, 0.15) is 37.7 Å². The van der Waals surface area contributed by atoms with Crippen LogP contribution in [0.3, 0.4) is 0 Å². The van der Waals surface area contributed by atoms with E-state index < -0.39 is 0 Å². The standard InChI is InChI=1S/C16H21ClN2S/c17-14-7-3-2-6-13(14)10-18-15-19-11-16(12-20-15)8-4-1-5-9-16/h2-3,6-7H,1,4-5,8-12H2,(H,18,19).